The number of methoxy groups -OCH3 is 2. The quantitative estimate of drug-likeness (QED) is 0.530. The van der Waals surface area contributed by atoms with Crippen molar-refractivity contribution in [3.8, 4) is 17.2 Å². The van der Waals surface area contributed by atoms with Crippen LogP contribution >= 0.6 is 0 Å². The van der Waals surface area contributed by atoms with Crippen LogP contribution in [-0.2, 0) is 4.74 Å². The minimum absolute atomic E-state index is 0.00424. The fraction of sp³-hybridized carbons (Fsp3) is 0.263. The summed E-state index contributed by atoms with van der Waals surface area (Å²) in [6, 6.07) is 8.09. The Balaban J connectivity index is 2.09. The molecule has 0 aliphatic carbocycles. The van der Waals surface area contributed by atoms with E-state index in [0.29, 0.717) is 18.1 Å². The summed E-state index contributed by atoms with van der Waals surface area (Å²) in [7, 11) is 2.81. The predicted molar refractivity (Wildman–Crippen MR) is 91.7 cm³/mol. The lowest BCUT2D eigenvalue weighted by Gasteiger charge is -2.11. The van der Waals surface area contributed by atoms with E-state index < -0.39 is 24.2 Å². The SMILES string of the molecule is CCOc1ccc(C(=O)OCC(=O)c2cc(F)ccc2OC)cc1OC. The summed E-state index contributed by atoms with van der Waals surface area (Å²) in [6.45, 7) is 1.73. The summed E-state index contributed by atoms with van der Waals surface area (Å²) in [5, 5.41) is 0. The molecule has 6 nitrogen and oxygen atoms in total. The minimum atomic E-state index is -0.713. The smallest absolute Gasteiger partial charge is 0.338 e. The molecular formula is C19H19FO6. The number of ether oxygens (including phenoxy) is 4. The van der Waals surface area contributed by atoms with Crippen molar-refractivity contribution in [3.63, 3.8) is 0 Å². The van der Waals surface area contributed by atoms with Crippen molar-refractivity contribution in [3.05, 3.63) is 53.3 Å². The second kappa shape index (κ2) is 8.84. The number of ketones is 1. The summed E-state index contributed by atoms with van der Waals surface area (Å²) in [6.07, 6.45) is 0. The predicted octanol–water partition coefficient (Wildman–Crippen LogP) is 3.28. The second-order valence-electron chi connectivity index (χ2n) is 5.14. The monoisotopic (exact) mass is 362 g/mol. The number of rotatable bonds is 8. The van der Waals surface area contributed by atoms with Crippen LogP contribution in [0.5, 0.6) is 17.2 Å². The van der Waals surface area contributed by atoms with Crippen LogP contribution in [0.3, 0.4) is 0 Å². The van der Waals surface area contributed by atoms with Gasteiger partial charge in [-0.2, -0.15) is 0 Å². The second-order valence-corrected chi connectivity index (χ2v) is 5.14. The third kappa shape index (κ3) is 4.50. The average Bonchev–Trinajstić information content (AvgIpc) is 2.66. The number of hydrogen-bond donors (Lipinski definition) is 0. The van der Waals surface area contributed by atoms with Crippen molar-refractivity contribution >= 4 is 11.8 Å². The molecule has 0 amide bonds. The third-order valence-electron chi connectivity index (χ3n) is 3.50. The summed E-state index contributed by atoms with van der Waals surface area (Å²) in [5.74, 6) is -0.805. The number of esters is 1. The highest BCUT2D eigenvalue weighted by Gasteiger charge is 2.17. The molecule has 0 N–H and O–H groups in total. The molecule has 0 aliphatic rings. The van der Waals surface area contributed by atoms with Crippen LogP contribution in [0.4, 0.5) is 4.39 Å². The van der Waals surface area contributed by atoms with Crippen LogP contribution in [0.1, 0.15) is 27.6 Å². The van der Waals surface area contributed by atoms with Gasteiger partial charge in [-0.05, 0) is 43.3 Å². The normalized spacial score (nSPS) is 10.2. The van der Waals surface area contributed by atoms with Gasteiger partial charge < -0.3 is 18.9 Å². The van der Waals surface area contributed by atoms with Crippen molar-refractivity contribution < 1.29 is 32.9 Å². The van der Waals surface area contributed by atoms with E-state index >= 15 is 0 Å². The molecule has 0 heterocycles. The Morgan fingerprint density at radius 3 is 2.31 bits per heavy atom. The molecule has 2 aromatic carbocycles. The lowest BCUT2D eigenvalue weighted by atomic mass is 10.1. The molecule has 0 atom stereocenters. The van der Waals surface area contributed by atoms with E-state index in [4.69, 9.17) is 18.9 Å². The van der Waals surface area contributed by atoms with E-state index in [1.165, 1.54) is 38.5 Å². The molecule has 0 fully saturated rings. The Labute approximate surface area is 150 Å². The van der Waals surface area contributed by atoms with E-state index in [0.717, 1.165) is 6.07 Å². The number of benzene rings is 2. The van der Waals surface area contributed by atoms with Gasteiger partial charge >= 0.3 is 5.97 Å². The highest BCUT2D eigenvalue weighted by Crippen LogP contribution is 2.28. The highest BCUT2D eigenvalue weighted by atomic mass is 19.1. The molecule has 0 saturated carbocycles. The molecule has 0 aliphatic heterocycles. The van der Waals surface area contributed by atoms with E-state index in [2.05, 4.69) is 0 Å². The molecule has 7 heteroatoms. The van der Waals surface area contributed by atoms with Gasteiger partial charge in [0.05, 0.1) is 32.0 Å². The van der Waals surface area contributed by atoms with Crippen LogP contribution in [0.15, 0.2) is 36.4 Å². The van der Waals surface area contributed by atoms with Crippen molar-refractivity contribution in [2.75, 3.05) is 27.4 Å². The molecule has 2 aromatic rings. The lowest BCUT2D eigenvalue weighted by Crippen LogP contribution is -2.15. The molecule has 0 unspecified atom stereocenters. The lowest BCUT2D eigenvalue weighted by molar-refractivity contribution is 0.0473. The van der Waals surface area contributed by atoms with Gasteiger partial charge in [0.2, 0.25) is 5.78 Å². The van der Waals surface area contributed by atoms with Crippen LogP contribution in [-0.4, -0.2) is 39.2 Å². The van der Waals surface area contributed by atoms with E-state index in [-0.39, 0.29) is 16.9 Å². The van der Waals surface area contributed by atoms with Crippen LogP contribution < -0.4 is 14.2 Å². The number of carbonyl (C=O) groups excluding carboxylic acids is 2. The zero-order valence-corrected chi connectivity index (χ0v) is 14.7. The Morgan fingerprint density at radius 1 is 0.962 bits per heavy atom. The Morgan fingerprint density at radius 2 is 1.65 bits per heavy atom. The average molecular weight is 362 g/mol. The highest BCUT2D eigenvalue weighted by molar-refractivity contribution is 6.01. The molecule has 138 valence electrons. The summed E-state index contributed by atoms with van der Waals surface area (Å²) in [5.41, 5.74) is 0.203. The largest absolute Gasteiger partial charge is 0.496 e. The van der Waals surface area contributed by atoms with Crippen molar-refractivity contribution in [1.29, 1.82) is 0 Å². The van der Waals surface area contributed by atoms with E-state index in [9.17, 15) is 14.0 Å². The first-order chi connectivity index (χ1) is 12.5. The van der Waals surface area contributed by atoms with Crippen LogP contribution in [0.2, 0.25) is 0 Å². The molecule has 0 radical (unpaired) electrons. The Kier molecular flexibility index (Phi) is 6.54. The van der Waals surface area contributed by atoms with Gasteiger partial charge in [0.15, 0.2) is 18.1 Å². The van der Waals surface area contributed by atoms with Gasteiger partial charge in [0.25, 0.3) is 0 Å². The molecule has 26 heavy (non-hydrogen) atoms. The van der Waals surface area contributed by atoms with Crippen molar-refractivity contribution in [2.24, 2.45) is 0 Å². The van der Waals surface area contributed by atoms with Crippen molar-refractivity contribution in [2.45, 2.75) is 6.92 Å². The maximum Gasteiger partial charge on any atom is 0.338 e. The fourth-order valence-corrected chi connectivity index (χ4v) is 2.26. The zero-order chi connectivity index (χ0) is 19.1. The van der Waals surface area contributed by atoms with Crippen molar-refractivity contribution in [1.82, 2.24) is 0 Å². The summed E-state index contributed by atoms with van der Waals surface area (Å²) in [4.78, 5) is 24.4. The maximum absolute atomic E-state index is 13.4. The number of hydrogen-bond acceptors (Lipinski definition) is 6. The number of carbonyl (C=O) groups is 2. The van der Waals surface area contributed by atoms with Gasteiger partial charge in [0.1, 0.15) is 11.6 Å². The Bertz CT molecular complexity index is 803. The third-order valence-corrected chi connectivity index (χ3v) is 3.50. The number of halogens is 1. The maximum atomic E-state index is 13.4. The standard InChI is InChI=1S/C19H19FO6/c1-4-25-17-7-5-12(9-18(17)24-3)19(22)26-11-15(21)14-10-13(20)6-8-16(14)23-2/h5-10H,4,11H2,1-3H3. The first-order valence-electron chi connectivity index (χ1n) is 7.84. The molecular weight excluding hydrogens is 343 g/mol. The zero-order valence-electron chi connectivity index (χ0n) is 14.7. The Hall–Kier alpha value is -3.09. The van der Waals surface area contributed by atoms with E-state index in [1.54, 1.807) is 6.07 Å². The van der Waals surface area contributed by atoms with Gasteiger partial charge in [-0.25, -0.2) is 9.18 Å². The molecule has 2 rings (SSSR count). The first kappa shape index (κ1) is 19.2. The van der Waals surface area contributed by atoms with Gasteiger partial charge in [-0.3, -0.25) is 4.79 Å². The van der Waals surface area contributed by atoms with E-state index in [1.807, 2.05) is 6.92 Å². The van der Waals surface area contributed by atoms with Gasteiger partial charge in [-0.15, -0.1) is 0 Å². The molecule has 0 saturated heterocycles. The first-order valence-corrected chi connectivity index (χ1v) is 7.84. The minimum Gasteiger partial charge on any atom is -0.496 e. The molecule has 0 aromatic heterocycles. The van der Waals surface area contributed by atoms with Gasteiger partial charge in [-0.1, -0.05) is 0 Å². The fourth-order valence-electron chi connectivity index (χ4n) is 2.26. The molecule has 0 bridgehead atoms. The summed E-state index contributed by atoms with van der Waals surface area (Å²) < 4.78 is 33.9. The number of Topliss-reactive ketones (excluding diaryl/α,β-unsaturated/α-hetero) is 1. The van der Waals surface area contributed by atoms with Crippen LogP contribution in [0.25, 0.3) is 0 Å². The topological polar surface area (TPSA) is 71.1 Å². The summed E-state index contributed by atoms with van der Waals surface area (Å²) >= 11 is 0. The van der Waals surface area contributed by atoms with Gasteiger partial charge in [0, 0.05) is 0 Å². The van der Waals surface area contributed by atoms with Crippen LogP contribution in [0, 0.1) is 5.82 Å². The molecule has 0 spiro atoms.